The summed E-state index contributed by atoms with van der Waals surface area (Å²) in [5.74, 6) is 0.724. The lowest BCUT2D eigenvalue weighted by atomic mass is 9.94. The molecule has 88 valence electrons. The topological polar surface area (TPSA) is 66.5 Å². The SMILES string of the molecule is Cc1ccnc(NC2CCc3[nH]ncc3C2)n1. The van der Waals surface area contributed by atoms with Gasteiger partial charge >= 0.3 is 0 Å². The summed E-state index contributed by atoms with van der Waals surface area (Å²) in [4.78, 5) is 8.60. The zero-order chi connectivity index (χ0) is 11.7. The Balaban J connectivity index is 1.72. The van der Waals surface area contributed by atoms with Crippen LogP contribution in [0.5, 0.6) is 0 Å². The Labute approximate surface area is 99.7 Å². The number of anilines is 1. The van der Waals surface area contributed by atoms with Crippen LogP contribution in [0.15, 0.2) is 18.5 Å². The number of nitrogens with one attached hydrogen (secondary N) is 2. The molecule has 2 N–H and O–H groups in total. The van der Waals surface area contributed by atoms with Gasteiger partial charge in [-0.3, -0.25) is 5.10 Å². The van der Waals surface area contributed by atoms with Crippen LogP contribution in [-0.2, 0) is 12.8 Å². The molecule has 3 rings (SSSR count). The molecule has 0 aromatic carbocycles. The zero-order valence-electron chi connectivity index (χ0n) is 9.77. The van der Waals surface area contributed by atoms with E-state index in [1.165, 1.54) is 11.3 Å². The van der Waals surface area contributed by atoms with Crippen LogP contribution in [0.25, 0.3) is 0 Å². The van der Waals surface area contributed by atoms with Crippen molar-refractivity contribution < 1.29 is 0 Å². The van der Waals surface area contributed by atoms with Gasteiger partial charge in [0.2, 0.25) is 5.95 Å². The van der Waals surface area contributed by atoms with Crippen molar-refractivity contribution in [1.82, 2.24) is 20.2 Å². The van der Waals surface area contributed by atoms with Crippen molar-refractivity contribution in [3.05, 3.63) is 35.4 Å². The number of fused-ring (bicyclic) bond motifs is 1. The molecule has 1 aliphatic carbocycles. The van der Waals surface area contributed by atoms with Crippen LogP contribution in [0.4, 0.5) is 5.95 Å². The summed E-state index contributed by atoms with van der Waals surface area (Å²) in [6, 6.07) is 2.31. The van der Waals surface area contributed by atoms with Crippen LogP contribution in [-0.4, -0.2) is 26.2 Å². The lowest BCUT2D eigenvalue weighted by Gasteiger charge is -2.22. The molecule has 1 aliphatic rings. The van der Waals surface area contributed by atoms with Gasteiger partial charge in [-0.05, 0) is 37.8 Å². The Morgan fingerprint density at radius 2 is 2.41 bits per heavy atom. The van der Waals surface area contributed by atoms with Crippen LogP contribution in [0, 0.1) is 6.92 Å². The second kappa shape index (κ2) is 4.16. The van der Waals surface area contributed by atoms with E-state index in [1.54, 1.807) is 6.20 Å². The largest absolute Gasteiger partial charge is 0.351 e. The van der Waals surface area contributed by atoms with Gasteiger partial charge in [0.05, 0.1) is 6.20 Å². The molecule has 0 bridgehead atoms. The summed E-state index contributed by atoms with van der Waals surface area (Å²) in [6.07, 6.45) is 6.82. The van der Waals surface area contributed by atoms with Crippen molar-refractivity contribution >= 4 is 5.95 Å². The molecule has 0 saturated heterocycles. The number of nitrogens with zero attached hydrogens (tertiary/aromatic N) is 3. The standard InChI is InChI=1S/C12H15N5/c1-8-4-5-13-12(15-8)16-10-2-3-11-9(6-10)7-14-17-11/h4-5,7,10H,2-3,6H2,1H3,(H,14,17)(H,13,15,16). The molecule has 5 nitrogen and oxygen atoms in total. The Hall–Kier alpha value is -1.91. The summed E-state index contributed by atoms with van der Waals surface area (Å²) < 4.78 is 0. The summed E-state index contributed by atoms with van der Waals surface area (Å²) in [5.41, 5.74) is 3.57. The van der Waals surface area contributed by atoms with E-state index in [0.29, 0.717) is 6.04 Å². The number of aromatic nitrogens is 4. The van der Waals surface area contributed by atoms with E-state index in [2.05, 4.69) is 25.5 Å². The normalized spacial score (nSPS) is 18.8. The smallest absolute Gasteiger partial charge is 0.223 e. The van der Waals surface area contributed by atoms with E-state index >= 15 is 0 Å². The molecule has 2 aromatic heterocycles. The van der Waals surface area contributed by atoms with Gasteiger partial charge in [0, 0.05) is 23.6 Å². The fraction of sp³-hybridized carbons (Fsp3) is 0.417. The predicted molar refractivity (Wildman–Crippen MR) is 64.8 cm³/mol. The van der Waals surface area contributed by atoms with Crippen LogP contribution < -0.4 is 5.32 Å². The first-order valence-electron chi connectivity index (χ1n) is 5.88. The van der Waals surface area contributed by atoms with Crippen molar-refractivity contribution in [3.8, 4) is 0 Å². The second-order valence-electron chi connectivity index (χ2n) is 4.48. The Morgan fingerprint density at radius 1 is 1.47 bits per heavy atom. The number of rotatable bonds is 2. The van der Waals surface area contributed by atoms with Gasteiger partial charge in [-0.2, -0.15) is 5.10 Å². The van der Waals surface area contributed by atoms with Gasteiger partial charge in [0.15, 0.2) is 0 Å². The van der Waals surface area contributed by atoms with Crippen LogP contribution in [0.2, 0.25) is 0 Å². The predicted octanol–water partition coefficient (Wildman–Crippen LogP) is 1.48. The Kier molecular flexibility index (Phi) is 2.51. The lowest BCUT2D eigenvalue weighted by Crippen LogP contribution is -2.27. The molecular formula is C12H15N5. The minimum atomic E-state index is 0.405. The highest BCUT2D eigenvalue weighted by atomic mass is 15.1. The van der Waals surface area contributed by atoms with E-state index in [0.717, 1.165) is 30.9 Å². The molecule has 1 atom stereocenters. The summed E-state index contributed by atoms with van der Waals surface area (Å²) in [7, 11) is 0. The average molecular weight is 229 g/mol. The number of aromatic amines is 1. The van der Waals surface area contributed by atoms with Crippen molar-refractivity contribution in [2.45, 2.75) is 32.2 Å². The van der Waals surface area contributed by atoms with E-state index in [-0.39, 0.29) is 0 Å². The van der Waals surface area contributed by atoms with Gasteiger partial charge < -0.3 is 5.32 Å². The highest BCUT2D eigenvalue weighted by Crippen LogP contribution is 2.20. The van der Waals surface area contributed by atoms with Gasteiger partial charge in [0.25, 0.3) is 0 Å². The monoisotopic (exact) mass is 229 g/mol. The zero-order valence-corrected chi connectivity index (χ0v) is 9.77. The minimum Gasteiger partial charge on any atom is -0.351 e. The van der Waals surface area contributed by atoms with Gasteiger partial charge in [0.1, 0.15) is 0 Å². The molecule has 0 spiro atoms. The fourth-order valence-electron chi connectivity index (χ4n) is 2.24. The molecule has 0 aliphatic heterocycles. The molecule has 17 heavy (non-hydrogen) atoms. The van der Waals surface area contributed by atoms with Crippen molar-refractivity contribution in [1.29, 1.82) is 0 Å². The van der Waals surface area contributed by atoms with Gasteiger partial charge in [-0.25, -0.2) is 9.97 Å². The highest BCUT2D eigenvalue weighted by Gasteiger charge is 2.20. The number of hydrogen-bond donors (Lipinski definition) is 2. The molecule has 5 heteroatoms. The summed E-state index contributed by atoms with van der Waals surface area (Å²) in [5, 5.41) is 10.5. The van der Waals surface area contributed by atoms with Crippen LogP contribution >= 0.6 is 0 Å². The highest BCUT2D eigenvalue weighted by molar-refractivity contribution is 5.30. The third-order valence-corrected chi connectivity index (χ3v) is 3.14. The molecule has 0 amide bonds. The van der Waals surface area contributed by atoms with Crippen molar-refractivity contribution in [2.24, 2.45) is 0 Å². The first-order chi connectivity index (χ1) is 8.31. The van der Waals surface area contributed by atoms with Crippen LogP contribution in [0.3, 0.4) is 0 Å². The van der Waals surface area contributed by atoms with Crippen molar-refractivity contribution in [2.75, 3.05) is 5.32 Å². The summed E-state index contributed by atoms with van der Waals surface area (Å²) >= 11 is 0. The van der Waals surface area contributed by atoms with E-state index in [4.69, 9.17) is 0 Å². The number of aryl methyl sites for hydroxylation is 2. The van der Waals surface area contributed by atoms with E-state index in [1.807, 2.05) is 19.2 Å². The maximum atomic E-state index is 4.37. The third kappa shape index (κ3) is 2.13. The number of H-pyrrole nitrogens is 1. The first-order valence-corrected chi connectivity index (χ1v) is 5.88. The molecule has 2 aromatic rings. The molecule has 2 heterocycles. The minimum absolute atomic E-state index is 0.405. The van der Waals surface area contributed by atoms with Crippen LogP contribution in [0.1, 0.15) is 23.4 Å². The molecule has 0 radical (unpaired) electrons. The Bertz CT molecular complexity index is 519. The van der Waals surface area contributed by atoms with E-state index in [9.17, 15) is 0 Å². The third-order valence-electron chi connectivity index (χ3n) is 3.14. The molecule has 1 unspecified atom stereocenters. The maximum Gasteiger partial charge on any atom is 0.223 e. The van der Waals surface area contributed by atoms with Gasteiger partial charge in [-0.15, -0.1) is 0 Å². The lowest BCUT2D eigenvalue weighted by molar-refractivity contribution is 0.599. The second-order valence-corrected chi connectivity index (χ2v) is 4.48. The Morgan fingerprint density at radius 3 is 3.29 bits per heavy atom. The summed E-state index contributed by atoms with van der Waals surface area (Å²) in [6.45, 7) is 1.97. The van der Waals surface area contributed by atoms with Gasteiger partial charge in [-0.1, -0.05) is 0 Å². The molecular weight excluding hydrogens is 214 g/mol. The quantitative estimate of drug-likeness (QED) is 0.818. The van der Waals surface area contributed by atoms with Crippen molar-refractivity contribution in [3.63, 3.8) is 0 Å². The maximum absolute atomic E-state index is 4.37. The first kappa shape index (κ1) is 10.3. The van der Waals surface area contributed by atoms with E-state index < -0.39 is 0 Å². The molecule has 0 fully saturated rings. The number of hydrogen-bond acceptors (Lipinski definition) is 4. The molecule has 0 saturated carbocycles. The fourth-order valence-corrected chi connectivity index (χ4v) is 2.24. The average Bonchev–Trinajstić information content (AvgIpc) is 2.76.